The minimum absolute atomic E-state index is 0.0173. The summed E-state index contributed by atoms with van der Waals surface area (Å²) in [6, 6.07) is 8.09. The zero-order valence-corrected chi connectivity index (χ0v) is 42.4. The van der Waals surface area contributed by atoms with Gasteiger partial charge in [-0.3, -0.25) is 24.5 Å². The summed E-state index contributed by atoms with van der Waals surface area (Å²) in [5.41, 5.74) is -1.77. The third-order valence-electron chi connectivity index (χ3n) is 9.08. The Kier molecular flexibility index (Phi) is 20.5. The van der Waals surface area contributed by atoms with Gasteiger partial charge in [-0.2, -0.15) is 9.59 Å². The first kappa shape index (κ1) is 56.8. The van der Waals surface area contributed by atoms with Gasteiger partial charge >= 0.3 is 24.1 Å². The number of carbonyl (C=O) groups is 3. The predicted octanol–water partition coefficient (Wildman–Crippen LogP) is 8.68. The zero-order valence-electron chi connectivity index (χ0n) is 41.4. The minimum Gasteiger partial charge on any atom is -0.497 e. The number of ether oxygens (including phenoxy) is 6. The Morgan fingerprint density at radius 2 is 1.09 bits per heavy atom. The summed E-state index contributed by atoms with van der Waals surface area (Å²) >= 11 is 0. The molecule has 0 aliphatic rings. The average molecular weight is 920 g/mol. The van der Waals surface area contributed by atoms with Crippen LogP contribution in [0.5, 0.6) is 17.2 Å². The zero-order chi connectivity index (χ0) is 49.6. The van der Waals surface area contributed by atoms with Crippen molar-refractivity contribution in [2.75, 3.05) is 56.3 Å². The van der Waals surface area contributed by atoms with Crippen molar-refractivity contribution in [2.45, 2.75) is 145 Å². The Hall–Kier alpha value is -5.19. The van der Waals surface area contributed by atoms with Crippen LogP contribution in [0, 0.1) is 15.5 Å². The third-order valence-corrected chi connectivity index (χ3v) is 13.6. The quantitative estimate of drug-likeness (QED) is 0.0323. The van der Waals surface area contributed by atoms with Crippen LogP contribution in [0.25, 0.3) is 0 Å². The fraction of sp³-hybridized carbons (Fsp3) is 0.652. The van der Waals surface area contributed by atoms with Gasteiger partial charge in [0.2, 0.25) is 0 Å². The highest BCUT2D eigenvalue weighted by atomic mass is 28.4. The summed E-state index contributed by atoms with van der Waals surface area (Å²) in [7, 11) is -0.858. The van der Waals surface area contributed by atoms with Gasteiger partial charge in [0.25, 0.3) is 5.69 Å². The van der Waals surface area contributed by atoms with Gasteiger partial charge in [-0.15, -0.1) is 0 Å². The average Bonchev–Trinajstić information content (AvgIpc) is 3.08. The van der Waals surface area contributed by atoms with Crippen LogP contribution in [-0.4, -0.2) is 101 Å². The summed E-state index contributed by atoms with van der Waals surface area (Å²) < 4.78 is 41.5. The number of nitro groups is 1. The van der Waals surface area contributed by atoms with Crippen LogP contribution in [0.4, 0.5) is 17.1 Å². The van der Waals surface area contributed by atoms with E-state index in [0.717, 1.165) is 0 Å². The summed E-state index contributed by atoms with van der Waals surface area (Å²) in [6.07, 6.45) is 0.250. The monoisotopic (exact) mass is 919 g/mol. The largest absolute Gasteiger partial charge is 0.497 e. The number of rotatable bonds is 19. The lowest BCUT2D eigenvalue weighted by atomic mass is 9.95. The van der Waals surface area contributed by atoms with Crippen LogP contribution in [-0.2, 0) is 49.2 Å². The normalized spacial score (nSPS) is 12.2. The third kappa shape index (κ3) is 21.0. The second-order valence-electron chi connectivity index (χ2n) is 20.9. The van der Waals surface area contributed by atoms with E-state index in [1.54, 1.807) is 53.7 Å². The Labute approximate surface area is 380 Å². The highest BCUT2D eigenvalue weighted by Gasteiger charge is 2.38. The molecule has 0 aliphatic carbocycles. The number of nitrogens with zero attached hydrogens (tertiary/aromatic N) is 3. The first-order valence-corrected chi connectivity index (χ1v) is 24.0. The molecule has 17 nitrogen and oxygen atoms in total. The van der Waals surface area contributed by atoms with E-state index in [4.69, 9.17) is 42.4 Å². The molecule has 360 valence electrons. The Balaban J connectivity index is 0.00000662. The summed E-state index contributed by atoms with van der Waals surface area (Å²) in [6.45, 7) is 31.6. The van der Waals surface area contributed by atoms with Crippen molar-refractivity contribution in [2.24, 2.45) is 5.41 Å². The second kappa shape index (κ2) is 23.1. The molecule has 0 bridgehead atoms. The van der Waals surface area contributed by atoms with Crippen molar-refractivity contribution in [3.63, 3.8) is 0 Å². The fourth-order valence-corrected chi connectivity index (χ4v) is 6.59. The van der Waals surface area contributed by atoms with E-state index in [1.807, 2.05) is 44.8 Å². The summed E-state index contributed by atoms with van der Waals surface area (Å²) in [5, 5.41) is 12.5. The molecule has 0 saturated carbocycles. The van der Waals surface area contributed by atoms with Crippen molar-refractivity contribution in [3.8, 4) is 17.2 Å². The molecule has 0 aliphatic heterocycles. The Morgan fingerprint density at radius 1 is 0.672 bits per heavy atom. The summed E-state index contributed by atoms with van der Waals surface area (Å²) in [4.78, 5) is 71.6. The maximum atomic E-state index is 13.4. The molecule has 2 aromatic rings. The van der Waals surface area contributed by atoms with Crippen molar-refractivity contribution in [1.82, 2.24) is 0 Å². The molecule has 64 heavy (non-hydrogen) atoms. The van der Waals surface area contributed by atoms with Crippen LogP contribution < -0.4 is 24.0 Å². The lowest BCUT2D eigenvalue weighted by molar-refractivity contribution is -0.385. The predicted molar refractivity (Wildman–Crippen MR) is 245 cm³/mol. The van der Waals surface area contributed by atoms with Crippen molar-refractivity contribution < 1.29 is 61.7 Å². The number of hydrogen-bond donors (Lipinski definition) is 0. The van der Waals surface area contributed by atoms with Gasteiger partial charge in [-0.05, 0) is 104 Å². The molecule has 2 rings (SSSR count). The van der Waals surface area contributed by atoms with Gasteiger partial charge in [0.1, 0.15) is 66.9 Å². The Bertz CT molecular complexity index is 1900. The number of anilines is 2. The molecular formula is C46H73N3O14Si. The standard InChI is InChI=1S/C45H73N3O12Si.CO2/c1-41(2,3)30-47(28-40(51)60-44(10,11)12)33-20-19-32(54-16)24-36(33)55-21-22-56-37-25-34(48(52)53)31(29-57-61(17,18)45(13,14)15)23-35(37)46(26-38(49)58-42(4,5)6)27-39(50)59-43(7,8)9;2-1-3/h19-20,23-25H,21-22,26-30H2,1-18H3;. The Morgan fingerprint density at radius 3 is 1.47 bits per heavy atom. The van der Waals surface area contributed by atoms with E-state index < -0.39 is 61.0 Å². The van der Waals surface area contributed by atoms with Gasteiger partial charge < -0.3 is 42.6 Å². The van der Waals surface area contributed by atoms with E-state index in [1.165, 1.54) is 24.1 Å². The van der Waals surface area contributed by atoms with E-state index in [2.05, 4.69) is 41.5 Å². The first-order valence-electron chi connectivity index (χ1n) is 21.0. The molecule has 0 spiro atoms. The smallest absolute Gasteiger partial charge is 0.373 e. The number of esters is 3. The second-order valence-corrected chi connectivity index (χ2v) is 25.7. The van der Waals surface area contributed by atoms with E-state index in [9.17, 15) is 24.5 Å². The lowest BCUT2D eigenvalue weighted by Gasteiger charge is -2.36. The van der Waals surface area contributed by atoms with Gasteiger partial charge in [-0.1, -0.05) is 41.5 Å². The van der Waals surface area contributed by atoms with E-state index in [0.29, 0.717) is 23.7 Å². The molecule has 0 radical (unpaired) electrons. The number of carbonyl (C=O) groups excluding carboxylic acids is 5. The number of benzene rings is 2. The van der Waals surface area contributed by atoms with Crippen LogP contribution >= 0.6 is 0 Å². The lowest BCUT2D eigenvalue weighted by Crippen LogP contribution is -2.41. The topological polar surface area (TPSA) is 200 Å². The number of hydrogen-bond acceptors (Lipinski definition) is 16. The number of methoxy groups -OCH3 is 1. The van der Waals surface area contributed by atoms with Gasteiger partial charge in [0.15, 0.2) is 8.32 Å². The van der Waals surface area contributed by atoms with Crippen molar-refractivity contribution in [1.29, 1.82) is 0 Å². The van der Waals surface area contributed by atoms with E-state index >= 15 is 0 Å². The van der Waals surface area contributed by atoms with Crippen LogP contribution in [0.3, 0.4) is 0 Å². The summed E-state index contributed by atoms with van der Waals surface area (Å²) in [5.74, 6) is -0.753. The molecule has 0 unspecified atom stereocenters. The highest BCUT2D eigenvalue weighted by molar-refractivity contribution is 6.74. The van der Waals surface area contributed by atoms with Gasteiger partial charge in [0.05, 0.1) is 41.6 Å². The molecule has 0 aromatic heterocycles. The fourth-order valence-electron chi connectivity index (χ4n) is 5.64. The maximum Gasteiger partial charge on any atom is 0.373 e. The molecule has 0 heterocycles. The van der Waals surface area contributed by atoms with Crippen molar-refractivity contribution in [3.05, 3.63) is 46.0 Å². The molecule has 0 amide bonds. The van der Waals surface area contributed by atoms with Crippen LogP contribution in [0.2, 0.25) is 18.1 Å². The maximum absolute atomic E-state index is 13.4. The van der Waals surface area contributed by atoms with Crippen LogP contribution in [0.15, 0.2) is 30.3 Å². The molecule has 0 atom stereocenters. The molecule has 18 heteroatoms. The van der Waals surface area contributed by atoms with Gasteiger partial charge in [0, 0.05) is 12.6 Å². The first-order chi connectivity index (χ1) is 29.0. The van der Waals surface area contributed by atoms with E-state index in [-0.39, 0.29) is 65.7 Å². The molecular weight excluding hydrogens is 847 g/mol. The highest BCUT2D eigenvalue weighted by Crippen LogP contribution is 2.41. The SMILES string of the molecule is COc1ccc(N(CC(=O)OC(C)(C)C)CC(C)(C)C)c(OCCOc2cc([N+](=O)[O-])c(CO[Si](C)(C)C(C)(C)C)cc2N(CC(=O)OC(C)(C)C)CC(=O)OC(C)(C)C)c1.O=C=O. The minimum atomic E-state index is -2.39. The van der Waals surface area contributed by atoms with Gasteiger partial charge in [-0.25, -0.2) is 0 Å². The molecule has 2 aromatic carbocycles. The molecule has 0 fully saturated rings. The van der Waals surface area contributed by atoms with Crippen molar-refractivity contribution >= 4 is 49.4 Å². The molecule has 0 saturated heterocycles. The molecule has 0 N–H and O–H groups in total. The number of nitro benzene ring substituents is 1. The van der Waals surface area contributed by atoms with Crippen LogP contribution in [0.1, 0.15) is 109 Å².